The number of amidine groups is 1. The highest BCUT2D eigenvalue weighted by atomic mass is 16.4. The first-order valence-electron chi connectivity index (χ1n) is 6.20. The number of rotatable bonds is 6. The molecule has 0 aliphatic heterocycles. The summed E-state index contributed by atoms with van der Waals surface area (Å²) in [6, 6.07) is 0.361. The van der Waals surface area contributed by atoms with Gasteiger partial charge in [0.25, 0.3) is 0 Å². The minimum atomic E-state index is -0.326. The van der Waals surface area contributed by atoms with E-state index in [0.717, 1.165) is 19.3 Å². The number of nitrogens with two attached hydrogens (primary N) is 1. The maximum atomic E-state index is 12.4. The number of oxime groups is 1. The fourth-order valence-corrected chi connectivity index (χ4v) is 1.66. The molecule has 5 heteroatoms. The molecule has 1 fully saturated rings. The van der Waals surface area contributed by atoms with E-state index in [-0.39, 0.29) is 17.2 Å². The van der Waals surface area contributed by atoms with E-state index in [0.29, 0.717) is 19.0 Å². The van der Waals surface area contributed by atoms with E-state index in [4.69, 9.17) is 10.9 Å². The Balaban J connectivity index is 2.63. The Morgan fingerprint density at radius 1 is 1.53 bits per heavy atom. The predicted octanol–water partition coefficient (Wildman–Crippen LogP) is 1.55. The molecule has 0 aromatic carbocycles. The molecule has 5 nitrogen and oxygen atoms in total. The molecular weight excluding hydrogens is 218 g/mol. The van der Waals surface area contributed by atoms with Gasteiger partial charge in [-0.2, -0.15) is 0 Å². The minimum Gasteiger partial charge on any atom is -0.409 e. The van der Waals surface area contributed by atoms with Crippen LogP contribution in [0.4, 0.5) is 0 Å². The first kappa shape index (κ1) is 13.8. The molecule has 0 saturated heterocycles. The third-order valence-electron chi connectivity index (χ3n) is 3.45. The minimum absolute atomic E-state index is 0.174. The molecule has 0 heterocycles. The van der Waals surface area contributed by atoms with Crippen molar-refractivity contribution in [3.8, 4) is 0 Å². The summed E-state index contributed by atoms with van der Waals surface area (Å²) in [5.74, 6) is 0.353. The van der Waals surface area contributed by atoms with Crippen LogP contribution >= 0.6 is 0 Å². The summed E-state index contributed by atoms with van der Waals surface area (Å²) in [5.41, 5.74) is 5.12. The van der Waals surface area contributed by atoms with E-state index in [2.05, 4.69) is 5.16 Å². The molecule has 3 N–H and O–H groups in total. The molecule has 0 radical (unpaired) electrons. The van der Waals surface area contributed by atoms with Gasteiger partial charge in [0.15, 0.2) is 0 Å². The molecule has 1 aliphatic carbocycles. The van der Waals surface area contributed by atoms with Gasteiger partial charge in [-0.15, -0.1) is 0 Å². The van der Waals surface area contributed by atoms with E-state index in [1.54, 1.807) is 0 Å². The third-order valence-corrected chi connectivity index (χ3v) is 3.45. The van der Waals surface area contributed by atoms with Gasteiger partial charge in [-0.05, 0) is 19.3 Å². The molecule has 0 bridgehead atoms. The largest absolute Gasteiger partial charge is 0.409 e. The van der Waals surface area contributed by atoms with E-state index in [9.17, 15) is 4.79 Å². The highest BCUT2D eigenvalue weighted by Gasteiger charge is 2.38. The van der Waals surface area contributed by atoms with Crippen LogP contribution in [0.3, 0.4) is 0 Å². The van der Waals surface area contributed by atoms with Crippen molar-refractivity contribution < 1.29 is 10.0 Å². The molecule has 17 heavy (non-hydrogen) atoms. The Morgan fingerprint density at radius 3 is 2.53 bits per heavy atom. The Hall–Kier alpha value is -1.26. The monoisotopic (exact) mass is 241 g/mol. The molecule has 0 atom stereocenters. The Kier molecular flexibility index (Phi) is 4.37. The second-order valence-electron chi connectivity index (χ2n) is 5.31. The second-order valence-corrected chi connectivity index (χ2v) is 5.31. The third kappa shape index (κ3) is 3.61. The SMILES string of the molecule is CCC(C)(C)C(=O)N(CC/C(N)=N/O)C1CC1. The summed E-state index contributed by atoms with van der Waals surface area (Å²) in [5, 5.41) is 11.4. The van der Waals surface area contributed by atoms with Crippen LogP contribution in [0.15, 0.2) is 5.16 Å². The fraction of sp³-hybridized carbons (Fsp3) is 0.833. The van der Waals surface area contributed by atoms with Gasteiger partial charge in [0.05, 0.1) is 0 Å². The van der Waals surface area contributed by atoms with Gasteiger partial charge in [-0.3, -0.25) is 4.79 Å². The lowest BCUT2D eigenvalue weighted by molar-refractivity contribution is -0.141. The van der Waals surface area contributed by atoms with Crippen LogP contribution in [0, 0.1) is 5.41 Å². The van der Waals surface area contributed by atoms with Crippen molar-refractivity contribution >= 4 is 11.7 Å². The average molecular weight is 241 g/mol. The van der Waals surface area contributed by atoms with Crippen molar-refractivity contribution in [2.75, 3.05) is 6.54 Å². The van der Waals surface area contributed by atoms with Gasteiger partial charge in [0.1, 0.15) is 5.84 Å². The zero-order valence-electron chi connectivity index (χ0n) is 10.9. The summed E-state index contributed by atoms with van der Waals surface area (Å²) in [6.07, 6.45) is 3.39. The van der Waals surface area contributed by atoms with Gasteiger partial charge in [-0.1, -0.05) is 25.9 Å². The lowest BCUT2D eigenvalue weighted by Gasteiger charge is -2.31. The maximum absolute atomic E-state index is 12.4. The quantitative estimate of drug-likeness (QED) is 0.320. The molecule has 1 aliphatic rings. The number of carbonyl (C=O) groups is 1. The zero-order chi connectivity index (χ0) is 13.1. The lowest BCUT2D eigenvalue weighted by Crippen LogP contribution is -2.43. The molecule has 0 aromatic heterocycles. The zero-order valence-corrected chi connectivity index (χ0v) is 10.9. The Labute approximate surface area is 103 Å². The molecule has 98 valence electrons. The van der Waals surface area contributed by atoms with Gasteiger partial charge < -0.3 is 15.8 Å². The standard InChI is InChI=1S/C12H23N3O2/c1-4-12(2,3)11(16)15(9-5-6-9)8-7-10(13)14-17/h9,17H,4-8H2,1-3H3,(H2,13,14). The topological polar surface area (TPSA) is 78.9 Å². The predicted molar refractivity (Wildman–Crippen MR) is 66.8 cm³/mol. The van der Waals surface area contributed by atoms with E-state index in [1.807, 2.05) is 25.7 Å². The van der Waals surface area contributed by atoms with Crippen molar-refractivity contribution in [2.45, 2.75) is 52.5 Å². The van der Waals surface area contributed by atoms with Crippen LogP contribution in [0.2, 0.25) is 0 Å². The maximum Gasteiger partial charge on any atom is 0.228 e. The number of nitrogens with zero attached hydrogens (tertiary/aromatic N) is 2. The van der Waals surface area contributed by atoms with Crippen LogP contribution in [0.25, 0.3) is 0 Å². The Bertz CT molecular complexity index is 309. The van der Waals surface area contributed by atoms with Gasteiger partial charge >= 0.3 is 0 Å². The van der Waals surface area contributed by atoms with Crippen LogP contribution in [0.5, 0.6) is 0 Å². The molecule has 1 rings (SSSR count). The lowest BCUT2D eigenvalue weighted by atomic mass is 9.88. The van der Waals surface area contributed by atoms with Crippen LogP contribution in [0.1, 0.15) is 46.5 Å². The highest BCUT2D eigenvalue weighted by Crippen LogP contribution is 2.32. The summed E-state index contributed by atoms with van der Waals surface area (Å²) in [4.78, 5) is 14.3. The highest BCUT2D eigenvalue weighted by molar-refractivity contribution is 5.84. The van der Waals surface area contributed by atoms with Crippen molar-refractivity contribution in [2.24, 2.45) is 16.3 Å². The first-order chi connectivity index (χ1) is 7.92. The van der Waals surface area contributed by atoms with Gasteiger partial charge in [0.2, 0.25) is 5.91 Å². The van der Waals surface area contributed by atoms with E-state index < -0.39 is 0 Å². The van der Waals surface area contributed by atoms with Gasteiger partial charge in [0, 0.05) is 24.4 Å². The first-order valence-corrected chi connectivity index (χ1v) is 6.20. The molecule has 0 spiro atoms. The molecule has 0 unspecified atom stereocenters. The molecule has 1 amide bonds. The van der Waals surface area contributed by atoms with Crippen LogP contribution in [-0.4, -0.2) is 34.4 Å². The average Bonchev–Trinajstić information content (AvgIpc) is 3.12. The normalized spacial score (nSPS) is 17.0. The molecule has 1 saturated carbocycles. The van der Waals surface area contributed by atoms with E-state index >= 15 is 0 Å². The number of hydrogen-bond acceptors (Lipinski definition) is 3. The summed E-state index contributed by atoms with van der Waals surface area (Å²) in [6.45, 7) is 6.50. The summed E-state index contributed by atoms with van der Waals surface area (Å²) >= 11 is 0. The van der Waals surface area contributed by atoms with Crippen LogP contribution in [-0.2, 0) is 4.79 Å². The van der Waals surface area contributed by atoms with Crippen molar-refractivity contribution in [1.29, 1.82) is 0 Å². The van der Waals surface area contributed by atoms with Crippen LogP contribution < -0.4 is 5.73 Å². The smallest absolute Gasteiger partial charge is 0.228 e. The summed E-state index contributed by atoms with van der Waals surface area (Å²) in [7, 11) is 0. The molecular formula is C12H23N3O2. The van der Waals surface area contributed by atoms with Crippen molar-refractivity contribution in [3.63, 3.8) is 0 Å². The fourth-order valence-electron chi connectivity index (χ4n) is 1.66. The van der Waals surface area contributed by atoms with Crippen molar-refractivity contribution in [1.82, 2.24) is 4.90 Å². The molecule has 0 aromatic rings. The number of carbonyl (C=O) groups excluding carboxylic acids is 1. The van der Waals surface area contributed by atoms with E-state index in [1.165, 1.54) is 0 Å². The number of amides is 1. The Morgan fingerprint density at radius 2 is 2.12 bits per heavy atom. The number of hydrogen-bond donors (Lipinski definition) is 2. The second kappa shape index (κ2) is 5.38. The van der Waals surface area contributed by atoms with Gasteiger partial charge in [-0.25, -0.2) is 0 Å². The summed E-state index contributed by atoms with van der Waals surface area (Å²) < 4.78 is 0. The van der Waals surface area contributed by atoms with Crippen molar-refractivity contribution in [3.05, 3.63) is 0 Å².